The van der Waals surface area contributed by atoms with Crippen molar-refractivity contribution in [2.75, 3.05) is 5.21 Å². The molecule has 9 heteroatoms. The van der Waals surface area contributed by atoms with Crippen LogP contribution >= 0.6 is 58.0 Å². The number of alkyl halides is 1. The second kappa shape index (κ2) is 5.40. The maximum Gasteiger partial charge on any atom is 0.195 e. The Balaban J connectivity index is 3.86. The topological polar surface area (TPSA) is 57.9 Å². The van der Waals surface area contributed by atoms with Gasteiger partial charge in [-0.15, -0.1) is 11.6 Å². The Morgan fingerprint density at radius 2 is 1.41 bits per heavy atom. The lowest BCUT2D eigenvalue weighted by Crippen LogP contribution is -2.05. The van der Waals surface area contributed by atoms with Crippen LogP contribution in [0.15, 0.2) is 4.90 Å². The highest BCUT2D eigenvalue weighted by atomic mass is 35.5. The largest absolute Gasteiger partial charge is 0.222 e. The van der Waals surface area contributed by atoms with E-state index in [1.807, 2.05) is 0 Å². The monoisotopic (exact) mass is 351 g/mol. The summed E-state index contributed by atoms with van der Waals surface area (Å²) in [6, 6.07) is 1.68. The van der Waals surface area contributed by atoms with Crippen molar-refractivity contribution in [2.45, 2.75) is 4.90 Å². The molecule has 17 heavy (non-hydrogen) atoms. The Morgan fingerprint density at radius 3 is 1.71 bits per heavy atom. The molecule has 0 heterocycles. The lowest BCUT2D eigenvalue weighted by molar-refractivity contribution is 0.600. The SMILES string of the molecule is N#Cc1c(Cl)c(Cl)c(S(=O)(=O)CCl)c(Cl)c1Cl. The summed E-state index contributed by atoms with van der Waals surface area (Å²) in [5, 5.41) is 6.79. The maximum atomic E-state index is 11.6. The molecule has 0 N–H and O–H groups in total. The van der Waals surface area contributed by atoms with Crippen LogP contribution in [-0.4, -0.2) is 13.6 Å². The molecule has 92 valence electrons. The molecule has 0 aliphatic carbocycles. The highest BCUT2D eigenvalue weighted by Gasteiger charge is 2.28. The van der Waals surface area contributed by atoms with Gasteiger partial charge in [0.05, 0.1) is 25.7 Å². The van der Waals surface area contributed by atoms with E-state index in [1.54, 1.807) is 6.07 Å². The number of nitrogens with zero attached hydrogens (tertiary/aromatic N) is 1. The van der Waals surface area contributed by atoms with Crippen molar-refractivity contribution in [3.05, 3.63) is 25.7 Å². The molecule has 0 amide bonds. The molecule has 1 aromatic carbocycles. The van der Waals surface area contributed by atoms with Gasteiger partial charge in [0.15, 0.2) is 9.84 Å². The molecule has 1 aromatic rings. The summed E-state index contributed by atoms with van der Waals surface area (Å²) in [6.07, 6.45) is 0. The predicted molar refractivity (Wildman–Crippen MR) is 69.1 cm³/mol. The van der Waals surface area contributed by atoms with Crippen LogP contribution in [0.3, 0.4) is 0 Å². The second-order valence-corrected chi connectivity index (χ2v) is 6.82. The highest BCUT2D eigenvalue weighted by molar-refractivity contribution is 7.92. The second-order valence-electron chi connectivity index (χ2n) is 2.80. The third-order valence-electron chi connectivity index (χ3n) is 1.79. The van der Waals surface area contributed by atoms with Gasteiger partial charge in [-0.05, 0) is 0 Å². The number of halogens is 5. The van der Waals surface area contributed by atoms with Gasteiger partial charge >= 0.3 is 0 Å². The maximum absolute atomic E-state index is 11.6. The van der Waals surface area contributed by atoms with Crippen LogP contribution in [0.1, 0.15) is 5.56 Å². The van der Waals surface area contributed by atoms with E-state index in [0.717, 1.165) is 0 Å². The van der Waals surface area contributed by atoms with Crippen LogP contribution in [0, 0.1) is 11.3 Å². The van der Waals surface area contributed by atoms with Crippen molar-refractivity contribution in [1.29, 1.82) is 5.26 Å². The quantitative estimate of drug-likeness (QED) is 0.593. The van der Waals surface area contributed by atoms with Crippen LogP contribution in [-0.2, 0) is 9.84 Å². The number of hydrogen-bond acceptors (Lipinski definition) is 3. The minimum atomic E-state index is -3.91. The standard InChI is InChI=1S/C8H2Cl5NO2S/c9-2-17(15,16)8-6(12)4(10)3(1-14)5(11)7(8)13/h2H2. The van der Waals surface area contributed by atoms with Crippen molar-refractivity contribution in [2.24, 2.45) is 0 Å². The fourth-order valence-electron chi connectivity index (χ4n) is 1.04. The van der Waals surface area contributed by atoms with E-state index in [2.05, 4.69) is 0 Å². The average Bonchev–Trinajstić information content (AvgIpc) is 2.27. The Labute approximate surface area is 123 Å². The van der Waals surface area contributed by atoms with Crippen molar-refractivity contribution in [3.8, 4) is 6.07 Å². The first-order chi connectivity index (χ1) is 7.77. The normalized spacial score (nSPS) is 11.3. The molecule has 0 spiro atoms. The summed E-state index contributed by atoms with van der Waals surface area (Å²) >= 11 is 28.3. The molecule has 0 saturated carbocycles. The average molecular weight is 353 g/mol. The van der Waals surface area contributed by atoms with E-state index < -0.39 is 19.9 Å². The van der Waals surface area contributed by atoms with E-state index >= 15 is 0 Å². The molecule has 0 bridgehead atoms. The van der Waals surface area contributed by atoms with Gasteiger partial charge in [-0.3, -0.25) is 0 Å². The zero-order valence-corrected chi connectivity index (χ0v) is 12.4. The first-order valence-corrected chi connectivity index (χ1v) is 7.52. The molecule has 0 unspecified atom stereocenters. The van der Waals surface area contributed by atoms with Crippen molar-refractivity contribution in [1.82, 2.24) is 0 Å². The Kier molecular flexibility index (Phi) is 4.81. The Bertz CT molecular complexity index is 591. The minimum Gasteiger partial charge on any atom is -0.222 e. The molecular weight excluding hydrogens is 351 g/mol. The molecule has 0 radical (unpaired) electrons. The van der Waals surface area contributed by atoms with Gasteiger partial charge < -0.3 is 0 Å². The first-order valence-electron chi connectivity index (χ1n) is 3.82. The number of sulfone groups is 1. The Hall–Kier alpha value is 0.110. The third kappa shape index (κ3) is 2.60. The number of benzene rings is 1. The molecule has 3 nitrogen and oxygen atoms in total. The van der Waals surface area contributed by atoms with E-state index in [1.165, 1.54) is 0 Å². The minimum absolute atomic E-state index is 0.183. The van der Waals surface area contributed by atoms with E-state index in [4.69, 9.17) is 63.3 Å². The van der Waals surface area contributed by atoms with E-state index in [-0.39, 0.29) is 25.7 Å². The van der Waals surface area contributed by atoms with Gasteiger partial charge in [0, 0.05) is 0 Å². The molecule has 0 atom stereocenters. The van der Waals surface area contributed by atoms with E-state index in [9.17, 15) is 8.42 Å². The van der Waals surface area contributed by atoms with Crippen molar-refractivity contribution >= 4 is 67.8 Å². The fraction of sp³-hybridized carbons (Fsp3) is 0.125. The molecule has 1 rings (SSSR count). The summed E-state index contributed by atoms with van der Waals surface area (Å²) in [6.45, 7) is 0. The van der Waals surface area contributed by atoms with Gasteiger partial charge in [0.1, 0.15) is 16.2 Å². The van der Waals surface area contributed by atoms with Crippen LogP contribution in [0.5, 0.6) is 0 Å². The summed E-state index contributed by atoms with van der Waals surface area (Å²) in [5.74, 6) is 0. The highest BCUT2D eigenvalue weighted by Crippen LogP contribution is 2.43. The van der Waals surface area contributed by atoms with Gasteiger partial charge in [0.25, 0.3) is 0 Å². The van der Waals surface area contributed by atoms with Crippen LogP contribution in [0.25, 0.3) is 0 Å². The molecule has 0 fully saturated rings. The molecule has 0 aromatic heterocycles. The van der Waals surface area contributed by atoms with Crippen molar-refractivity contribution in [3.63, 3.8) is 0 Å². The first kappa shape index (κ1) is 15.2. The van der Waals surface area contributed by atoms with E-state index in [0.29, 0.717) is 0 Å². The smallest absolute Gasteiger partial charge is 0.195 e. The lowest BCUT2D eigenvalue weighted by atomic mass is 10.2. The van der Waals surface area contributed by atoms with Crippen LogP contribution in [0.4, 0.5) is 0 Å². The van der Waals surface area contributed by atoms with Gasteiger partial charge in [-0.2, -0.15) is 5.26 Å². The number of nitriles is 1. The lowest BCUT2D eigenvalue weighted by Gasteiger charge is -2.11. The van der Waals surface area contributed by atoms with Crippen LogP contribution in [0.2, 0.25) is 20.1 Å². The fourth-order valence-corrected chi connectivity index (χ4v) is 3.98. The summed E-state index contributed by atoms with van der Waals surface area (Å²) < 4.78 is 23.3. The molecule has 0 saturated heterocycles. The van der Waals surface area contributed by atoms with Gasteiger partial charge in [-0.25, -0.2) is 8.42 Å². The molecular formula is C8H2Cl5NO2S. The zero-order valence-electron chi connectivity index (χ0n) is 7.77. The van der Waals surface area contributed by atoms with Gasteiger partial charge in [0.2, 0.25) is 0 Å². The predicted octanol–water partition coefficient (Wildman–Crippen LogP) is 4.14. The Morgan fingerprint density at radius 1 is 1.00 bits per heavy atom. The van der Waals surface area contributed by atoms with Gasteiger partial charge in [-0.1, -0.05) is 46.4 Å². The summed E-state index contributed by atoms with van der Waals surface area (Å²) in [5.41, 5.74) is -0.183. The molecule has 0 aliphatic heterocycles. The molecule has 0 aliphatic rings. The number of rotatable bonds is 2. The summed E-state index contributed by atoms with van der Waals surface area (Å²) in [7, 11) is -3.91. The third-order valence-corrected chi connectivity index (χ3v) is 5.90. The number of hydrogen-bond donors (Lipinski definition) is 0. The zero-order chi connectivity index (χ0) is 13.4. The van der Waals surface area contributed by atoms with Crippen LogP contribution < -0.4 is 0 Å². The summed E-state index contributed by atoms with van der Waals surface area (Å²) in [4.78, 5) is -0.468. The van der Waals surface area contributed by atoms with Crippen molar-refractivity contribution < 1.29 is 8.42 Å².